The number of non-ortho nitro benzene ring substituents is 1. The summed E-state index contributed by atoms with van der Waals surface area (Å²) in [6.45, 7) is 6.53. The van der Waals surface area contributed by atoms with Gasteiger partial charge in [0.2, 0.25) is 11.4 Å². The van der Waals surface area contributed by atoms with Gasteiger partial charge in [-0.15, -0.1) is 0 Å². The fourth-order valence-corrected chi connectivity index (χ4v) is 11.0. The maximum atomic E-state index is 12.5. The van der Waals surface area contributed by atoms with Gasteiger partial charge in [0.15, 0.2) is 5.52 Å². The van der Waals surface area contributed by atoms with Gasteiger partial charge in [0, 0.05) is 25.1 Å². The van der Waals surface area contributed by atoms with Crippen LogP contribution in [0.4, 0.5) is 11.4 Å². The van der Waals surface area contributed by atoms with Crippen LogP contribution in [-0.4, -0.2) is 74.9 Å². The number of nitrogens with zero attached hydrogens (tertiary/aromatic N) is 3. The Morgan fingerprint density at radius 3 is 2.60 bits per heavy atom. The molecule has 4 fully saturated rings. The molecule has 1 amide bonds. The van der Waals surface area contributed by atoms with Gasteiger partial charge in [-0.05, 0) is 114 Å². The van der Waals surface area contributed by atoms with Gasteiger partial charge >= 0.3 is 5.69 Å². The second-order valence-corrected chi connectivity index (χ2v) is 16.8. The van der Waals surface area contributed by atoms with E-state index in [2.05, 4.69) is 41.7 Å². The molecule has 0 bridgehead atoms. The Morgan fingerprint density at radius 2 is 1.87 bits per heavy atom. The summed E-state index contributed by atoms with van der Waals surface area (Å²) in [6.07, 6.45) is 5.52. The highest BCUT2D eigenvalue weighted by Gasteiger charge is 2.65. The first kappa shape index (κ1) is 34.0. The molecule has 1 heterocycles. The van der Waals surface area contributed by atoms with E-state index in [-0.39, 0.29) is 83.1 Å². The minimum Gasteiger partial charge on any atom is -0.393 e. The standard InChI is InChI=1S/C32H47N5O9S/c1-17(4-9-27(40)33-12-13-47(43,44)45)20-5-6-21-28-22(16-26(39)32(20,21)3)31(2)11-10-19(38)14-18(31)15-24(28)34-23-7-8-25(37(41)42)30-29(23)35-46-36-30/h7-8,17-22,24,26,28,34,38-39H,4-6,9-16H2,1-3H3,(H,33,40)(H,43,44,45)/t17-,18+,19-,20-,21?,22?,24+,26+,28?,31+,32-/m1/s1. The normalized spacial score (nSPS) is 37.4. The first-order chi connectivity index (χ1) is 22.1. The Bertz CT molecular complexity index is 1620. The van der Waals surface area contributed by atoms with E-state index in [0.29, 0.717) is 30.5 Å². The predicted molar refractivity (Wildman–Crippen MR) is 172 cm³/mol. The highest BCUT2D eigenvalue weighted by molar-refractivity contribution is 7.85. The van der Waals surface area contributed by atoms with Crippen molar-refractivity contribution in [3.05, 3.63) is 22.2 Å². The van der Waals surface area contributed by atoms with E-state index in [1.165, 1.54) is 6.07 Å². The molecule has 260 valence electrons. The van der Waals surface area contributed by atoms with E-state index >= 15 is 0 Å². The van der Waals surface area contributed by atoms with E-state index in [9.17, 15) is 33.5 Å². The van der Waals surface area contributed by atoms with Gasteiger partial charge < -0.3 is 20.8 Å². The third-order valence-electron chi connectivity index (χ3n) is 13.0. The zero-order valence-corrected chi connectivity index (χ0v) is 28.0. The second kappa shape index (κ2) is 12.5. The Balaban J connectivity index is 1.27. The van der Waals surface area contributed by atoms with Crippen molar-refractivity contribution < 1.29 is 37.5 Å². The number of fused-ring (bicyclic) bond motifs is 6. The summed E-state index contributed by atoms with van der Waals surface area (Å²) in [5.41, 5.74) is 0.384. The number of benzene rings is 1. The number of aliphatic hydroxyl groups excluding tert-OH is 2. The Hall–Kier alpha value is -2.88. The molecule has 0 radical (unpaired) electrons. The number of hydrogen-bond donors (Lipinski definition) is 5. The molecule has 4 saturated carbocycles. The number of carbonyl (C=O) groups is 1. The number of anilines is 1. The summed E-state index contributed by atoms with van der Waals surface area (Å²) in [5.74, 6) is 0.298. The van der Waals surface area contributed by atoms with Crippen LogP contribution in [0.2, 0.25) is 0 Å². The molecule has 4 aliphatic carbocycles. The molecule has 6 rings (SSSR count). The zero-order chi connectivity index (χ0) is 33.9. The smallest absolute Gasteiger partial charge is 0.300 e. The monoisotopic (exact) mass is 677 g/mol. The van der Waals surface area contributed by atoms with E-state index < -0.39 is 32.3 Å². The predicted octanol–water partition coefficient (Wildman–Crippen LogP) is 3.93. The molecule has 15 heteroatoms. The number of amides is 1. The average molecular weight is 678 g/mol. The van der Waals surface area contributed by atoms with Gasteiger partial charge in [0.05, 0.1) is 28.6 Å². The highest BCUT2D eigenvalue weighted by Crippen LogP contribution is 2.68. The fourth-order valence-electron chi connectivity index (χ4n) is 10.6. The lowest BCUT2D eigenvalue weighted by molar-refractivity contribution is -0.383. The summed E-state index contributed by atoms with van der Waals surface area (Å²) >= 11 is 0. The largest absolute Gasteiger partial charge is 0.393 e. The van der Waals surface area contributed by atoms with Crippen LogP contribution >= 0.6 is 0 Å². The van der Waals surface area contributed by atoms with Crippen molar-refractivity contribution in [2.75, 3.05) is 17.6 Å². The zero-order valence-electron chi connectivity index (χ0n) is 27.2. The quantitative estimate of drug-likeness (QED) is 0.137. The average Bonchev–Trinajstić information content (AvgIpc) is 3.63. The van der Waals surface area contributed by atoms with Crippen molar-refractivity contribution in [2.24, 2.45) is 46.3 Å². The molecule has 0 aliphatic heterocycles. The van der Waals surface area contributed by atoms with Crippen LogP contribution < -0.4 is 10.6 Å². The number of aliphatic hydroxyl groups is 2. The molecule has 1 aromatic heterocycles. The summed E-state index contributed by atoms with van der Waals surface area (Å²) < 4.78 is 35.9. The molecule has 0 spiro atoms. The minimum absolute atomic E-state index is 0.0378. The molecule has 14 nitrogen and oxygen atoms in total. The van der Waals surface area contributed by atoms with Crippen LogP contribution in [0.15, 0.2) is 16.8 Å². The lowest BCUT2D eigenvalue weighted by Crippen LogP contribution is -2.63. The van der Waals surface area contributed by atoms with E-state index in [1.807, 2.05) is 0 Å². The number of aromatic nitrogens is 2. The van der Waals surface area contributed by atoms with Crippen molar-refractivity contribution in [1.82, 2.24) is 15.6 Å². The van der Waals surface area contributed by atoms with Crippen molar-refractivity contribution >= 4 is 38.4 Å². The maximum Gasteiger partial charge on any atom is 0.300 e. The number of hydrogen-bond acceptors (Lipinski definition) is 11. The number of nitro benzene ring substituents is 1. The number of rotatable bonds is 10. The number of nitrogens with one attached hydrogen (secondary N) is 2. The van der Waals surface area contributed by atoms with Gasteiger partial charge in [-0.1, -0.05) is 20.8 Å². The van der Waals surface area contributed by atoms with Gasteiger partial charge in [0.1, 0.15) is 0 Å². The van der Waals surface area contributed by atoms with Crippen molar-refractivity contribution in [3.8, 4) is 0 Å². The third-order valence-corrected chi connectivity index (χ3v) is 13.7. The molecular weight excluding hydrogens is 630 g/mol. The lowest BCUT2D eigenvalue weighted by atomic mass is 9.42. The fraction of sp³-hybridized carbons (Fsp3) is 0.781. The topological polar surface area (TPSA) is 218 Å². The molecule has 2 aromatic rings. The summed E-state index contributed by atoms with van der Waals surface area (Å²) in [4.78, 5) is 23.6. The molecular formula is C32H47N5O9S. The van der Waals surface area contributed by atoms with Gasteiger partial charge in [-0.25, -0.2) is 4.63 Å². The third kappa shape index (κ3) is 6.12. The second-order valence-electron chi connectivity index (χ2n) is 15.2. The first-order valence-corrected chi connectivity index (χ1v) is 18.5. The van der Waals surface area contributed by atoms with Crippen molar-refractivity contribution in [2.45, 2.75) is 96.8 Å². The van der Waals surface area contributed by atoms with E-state index in [0.717, 1.165) is 32.1 Å². The van der Waals surface area contributed by atoms with Crippen LogP contribution in [0, 0.1) is 56.5 Å². The minimum atomic E-state index is -4.15. The number of carbonyl (C=O) groups excluding carboxylic acids is 1. The van der Waals surface area contributed by atoms with Gasteiger partial charge in [0.25, 0.3) is 10.1 Å². The Kier molecular flexibility index (Phi) is 9.07. The summed E-state index contributed by atoms with van der Waals surface area (Å²) in [5, 5.41) is 48.6. The van der Waals surface area contributed by atoms with Gasteiger partial charge in [-0.3, -0.25) is 19.5 Å². The van der Waals surface area contributed by atoms with E-state index in [4.69, 9.17) is 9.18 Å². The first-order valence-electron chi connectivity index (χ1n) is 16.9. The summed E-state index contributed by atoms with van der Waals surface area (Å²) in [6, 6.07) is 3.05. The Labute approximate surface area is 274 Å². The molecule has 11 atom stereocenters. The molecule has 47 heavy (non-hydrogen) atoms. The molecule has 5 N–H and O–H groups in total. The van der Waals surface area contributed by atoms with Crippen LogP contribution in [-0.2, 0) is 14.9 Å². The van der Waals surface area contributed by atoms with Crippen LogP contribution in [0.3, 0.4) is 0 Å². The van der Waals surface area contributed by atoms with Crippen molar-refractivity contribution in [3.63, 3.8) is 0 Å². The van der Waals surface area contributed by atoms with Crippen molar-refractivity contribution in [1.29, 1.82) is 0 Å². The molecule has 0 saturated heterocycles. The Morgan fingerprint density at radius 1 is 1.13 bits per heavy atom. The summed E-state index contributed by atoms with van der Waals surface area (Å²) in [7, 11) is -4.15. The molecule has 3 unspecified atom stereocenters. The lowest BCUT2D eigenvalue weighted by Gasteiger charge is -2.64. The van der Waals surface area contributed by atoms with Gasteiger partial charge in [-0.2, -0.15) is 8.42 Å². The highest BCUT2D eigenvalue weighted by atomic mass is 32.2. The van der Waals surface area contributed by atoms with Crippen LogP contribution in [0.25, 0.3) is 11.0 Å². The van der Waals surface area contributed by atoms with Crippen LogP contribution in [0.5, 0.6) is 0 Å². The SMILES string of the molecule is C[C@H](CCC(=O)NCCS(=O)(=O)O)[C@H]1CCC2C3C(C[C@H](O)[C@@]21C)[C@@]1(C)CC[C@@H](O)C[C@H]1C[C@@H]3Nc1ccc([N+](=O)[O-])c2nonc12. The van der Waals surface area contributed by atoms with E-state index in [1.54, 1.807) is 6.07 Å². The molecule has 1 aromatic carbocycles. The molecule has 4 aliphatic rings. The van der Waals surface area contributed by atoms with Crippen LogP contribution in [0.1, 0.15) is 78.6 Å². The maximum absolute atomic E-state index is 12.5. The number of nitro groups is 1.